The second-order valence-electron chi connectivity index (χ2n) is 8.16. The molecule has 1 amide bonds. The number of fused-ring (bicyclic) bond motifs is 1. The van der Waals surface area contributed by atoms with Crippen LogP contribution in [0.1, 0.15) is 18.1 Å². The van der Waals surface area contributed by atoms with E-state index in [0.29, 0.717) is 19.8 Å². The molecule has 2 aliphatic rings. The summed E-state index contributed by atoms with van der Waals surface area (Å²) in [5, 5.41) is 3.03. The number of hydrogen-bond acceptors (Lipinski definition) is 3. The molecule has 2 aliphatic heterocycles. The van der Waals surface area contributed by atoms with Crippen molar-refractivity contribution in [2.45, 2.75) is 25.9 Å². The zero-order chi connectivity index (χ0) is 20.9. The number of benzene rings is 2. The van der Waals surface area contributed by atoms with Crippen LogP contribution >= 0.6 is 0 Å². The number of hydrogen-bond donors (Lipinski definition) is 3. The van der Waals surface area contributed by atoms with Crippen molar-refractivity contribution in [1.29, 1.82) is 0 Å². The van der Waals surface area contributed by atoms with Crippen molar-refractivity contribution in [3.63, 3.8) is 0 Å². The summed E-state index contributed by atoms with van der Waals surface area (Å²) in [5.74, 6) is 1.51. The molecule has 2 aromatic carbocycles. The number of piperazine rings is 1. The van der Waals surface area contributed by atoms with Crippen LogP contribution in [-0.2, 0) is 17.8 Å². The first-order valence-electron chi connectivity index (χ1n) is 10.7. The summed E-state index contributed by atoms with van der Waals surface area (Å²) in [6.07, 6.45) is 0.710. The van der Waals surface area contributed by atoms with E-state index < -0.39 is 0 Å². The fourth-order valence-corrected chi connectivity index (χ4v) is 4.19. The highest BCUT2D eigenvalue weighted by atomic mass is 19.1. The maximum absolute atomic E-state index is 13.0. The molecule has 0 bridgehead atoms. The fraction of sp³-hybridized carbons (Fsp3) is 0.435. The van der Waals surface area contributed by atoms with Gasteiger partial charge in [0.2, 0.25) is 6.79 Å². The first-order chi connectivity index (χ1) is 14.6. The third-order valence-electron chi connectivity index (χ3n) is 6.12. The normalized spacial score (nSPS) is 21.3. The molecule has 1 saturated heterocycles. The highest BCUT2D eigenvalue weighted by molar-refractivity contribution is 5.79. The van der Waals surface area contributed by atoms with Gasteiger partial charge in [0.15, 0.2) is 17.5 Å². The summed E-state index contributed by atoms with van der Waals surface area (Å²) in [6.45, 7) is 7.88. The van der Waals surface area contributed by atoms with Gasteiger partial charge in [-0.05, 0) is 49.2 Å². The fourth-order valence-electron chi connectivity index (χ4n) is 4.19. The number of ether oxygens (including phenoxy) is 2. The van der Waals surface area contributed by atoms with Gasteiger partial charge >= 0.3 is 0 Å². The Morgan fingerprint density at radius 2 is 1.73 bits per heavy atom. The van der Waals surface area contributed by atoms with Crippen LogP contribution < -0.4 is 24.6 Å². The number of rotatable bonds is 7. The second-order valence-corrected chi connectivity index (χ2v) is 8.16. The first-order valence-corrected chi connectivity index (χ1v) is 10.7. The monoisotopic (exact) mass is 415 g/mol. The Morgan fingerprint density at radius 1 is 1.03 bits per heavy atom. The van der Waals surface area contributed by atoms with Crippen LogP contribution in [0.5, 0.6) is 11.5 Å². The van der Waals surface area contributed by atoms with Crippen LogP contribution in [0.3, 0.4) is 0 Å². The molecule has 3 N–H and O–H groups in total. The molecule has 0 saturated carbocycles. The number of amides is 1. The first kappa shape index (κ1) is 20.6. The minimum absolute atomic E-state index is 0.0645. The molecule has 0 unspecified atom stereocenters. The summed E-state index contributed by atoms with van der Waals surface area (Å²) in [4.78, 5) is 15.4. The van der Waals surface area contributed by atoms with E-state index in [1.54, 1.807) is 12.1 Å². The largest absolute Gasteiger partial charge is 0.454 e. The molecule has 4 rings (SSSR count). The summed E-state index contributed by atoms with van der Waals surface area (Å²) in [5.41, 5.74) is 2.28. The van der Waals surface area contributed by atoms with Crippen LogP contribution in [0.4, 0.5) is 4.39 Å². The molecular weight excluding hydrogens is 385 g/mol. The third-order valence-corrected chi connectivity index (χ3v) is 6.12. The van der Waals surface area contributed by atoms with Gasteiger partial charge in [0.05, 0.1) is 0 Å². The van der Waals surface area contributed by atoms with Crippen molar-refractivity contribution < 1.29 is 28.5 Å². The van der Waals surface area contributed by atoms with Crippen LogP contribution in [-0.4, -0.2) is 51.5 Å². The topological polar surface area (TPSA) is 56.4 Å². The number of quaternary nitrogens is 2. The van der Waals surface area contributed by atoms with Gasteiger partial charge in [0, 0.05) is 12.1 Å². The van der Waals surface area contributed by atoms with E-state index in [2.05, 4.69) is 17.4 Å². The van der Waals surface area contributed by atoms with Crippen molar-refractivity contribution in [3.05, 3.63) is 59.4 Å². The molecule has 0 aromatic heterocycles. The SMILES string of the molecule is C[C@H](C(=O)NCCc1ccc(F)cc1)[NH+]1CC[NH+](Cc2ccc3c(c2)OCO3)CC1. The highest BCUT2D eigenvalue weighted by Gasteiger charge is 2.31. The standard InChI is InChI=1S/C23H28FN3O3/c1-17(23(28)25-9-8-18-2-5-20(24)6-3-18)27-12-10-26(11-13-27)15-19-4-7-21-22(14-19)30-16-29-21/h2-7,14,17H,8-13,15-16H2,1H3,(H,25,28)/p+2/t17-/m1/s1. The molecule has 6 nitrogen and oxygen atoms in total. The summed E-state index contributed by atoms with van der Waals surface area (Å²) in [6, 6.07) is 12.5. The lowest BCUT2D eigenvalue weighted by Crippen LogP contribution is -3.29. The Bertz CT molecular complexity index is 866. The lowest BCUT2D eigenvalue weighted by atomic mass is 10.1. The van der Waals surface area contributed by atoms with Gasteiger partial charge in [-0.25, -0.2) is 4.39 Å². The van der Waals surface area contributed by atoms with Gasteiger partial charge in [0.25, 0.3) is 5.91 Å². The molecule has 0 spiro atoms. The quantitative estimate of drug-likeness (QED) is 0.576. The molecule has 2 heterocycles. The molecule has 30 heavy (non-hydrogen) atoms. The van der Waals surface area contributed by atoms with E-state index in [4.69, 9.17) is 9.47 Å². The van der Waals surface area contributed by atoms with Gasteiger partial charge < -0.3 is 24.6 Å². The molecule has 1 atom stereocenters. The minimum atomic E-state index is -0.236. The Labute approximate surface area is 176 Å². The highest BCUT2D eigenvalue weighted by Crippen LogP contribution is 2.32. The summed E-state index contributed by atoms with van der Waals surface area (Å²) in [7, 11) is 0. The van der Waals surface area contributed by atoms with Crippen LogP contribution in [0.15, 0.2) is 42.5 Å². The van der Waals surface area contributed by atoms with Gasteiger partial charge in [0.1, 0.15) is 38.5 Å². The predicted molar refractivity (Wildman–Crippen MR) is 110 cm³/mol. The number of nitrogens with one attached hydrogen (secondary N) is 3. The number of halogens is 1. The van der Waals surface area contributed by atoms with Crippen molar-refractivity contribution in [2.24, 2.45) is 0 Å². The number of carbonyl (C=O) groups is 1. The molecule has 2 aromatic rings. The van der Waals surface area contributed by atoms with Crippen LogP contribution in [0.2, 0.25) is 0 Å². The van der Waals surface area contributed by atoms with Crippen molar-refractivity contribution in [2.75, 3.05) is 39.5 Å². The van der Waals surface area contributed by atoms with E-state index >= 15 is 0 Å². The lowest BCUT2D eigenvalue weighted by Gasteiger charge is -2.32. The average Bonchev–Trinajstić information content (AvgIpc) is 3.23. The molecule has 1 fully saturated rings. The summed E-state index contributed by atoms with van der Waals surface area (Å²) >= 11 is 0. The third kappa shape index (κ3) is 5.09. The smallest absolute Gasteiger partial charge is 0.278 e. The Kier molecular flexibility index (Phi) is 6.50. The summed E-state index contributed by atoms with van der Waals surface area (Å²) < 4.78 is 23.8. The molecule has 7 heteroatoms. The van der Waals surface area contributed by atoms with E-state index in [-0.39, 0.29) is 17.8 Å². The Morgan fingerprint density at radius 3 is 2.50 bits per heavy atom. The van der Waals surface area contributed by atoms with Gasteiger partial charge in [-0.2, -0.15) is 0 Å². The van der Waals surface area contributed by atoms with Crippen molar-refractivity contribution in [1.82, 2.24) is 5.32 Å². The lowest BCUT2D eigenvalue weighted by molar-refractivity contribution is -1.02. The minimum Gasteiger partial charge on any atom is -0.454 e. The van der Waals surface area contributed by atoms with Gasteiger partial charge in [-0.1, -0.05) is 12.1 Å². The van der Waals surface area contributed by atoms with Crippen LogP contribution in [0, 0.1) is 5.82 Å². The molecule has 0 aliphatic carbocycles. The zero-order valence-electron chi connectivity index (χ0n) is 17.4. The second kappa shape index (κ2) is 9.45. The maximum atomic E-state index is 13.0. The van der Waals surface area contributed by atoms with E-state index in [1.807, 2.05) is 13.0 Å². The van der Waals surface area contributed by atoms with Crippen molar-refractivity contribution >= 4 is 5.91 Å². The Balaban J connectivity index is 1.19. The van der Waals surface area contributed by atoms with Gasteiger partial charge in [-0.15, -0.1) is 0 Å². The van der Waals surface area contributed by atoms with Crippen LogP contribution in [0.25, 0.3) is 0 Å². The maximum Gasteiger partial charge on any atom is 0.278 e. The van der Waals surface area contributed by atoms with E-state index in [0.717, 1.165) is 49.8 Å². The van der Waals surface area contributed by atoms with Gasteiger partial charge in [-0.3, -0.25) is 4.79 Å². The molecular formula is C23H30FN3O3+2. The average molecular weight is 416 g/mol. The van der Waals surface area contributed by atoms with E-state index in [9.17, 15) is 9.18 Å². The number of carbonyl (C=O) groups excluding carboxylic acids is 1. The Hall–Kier alpha value is -2.64. The predicted octanol–water partition coefficient (Wildman–Crippen LogP) is -0.415. The zero-order valence-corrected chi connectivity index (χ0v) is 17.4. The van der Waals surface area contributed by atoms with Crippen molar-refractivity contribution in [3.8, 4) is 11.5 Å². The molecule has 160 valence electrons. The molecule has 0 radical (unpaired) electrons. The van der Waals surface area contributed by atoms with E-state index in [1.165, 1.54) is 27.5 Å².